The summed E-state index contributed by atoms with van der Waals surface area (Å²) in [6, 6.07) is 10.1. The van der Waals surface area contributed by atoms with Crippen molar-refractivity contribution in [2.45, 2.75) is 6.92 Å². The molecule has 0 aromatic heterocycles. The Labute approximate surface area is 73.5 Å². The van der Waals surface area contributed by atoms with Crippen LogP contribution in [0.5, 0.6) is 0 Å². The van der Waals surface area contributed by atoms with Gasteiger partial charge in [-0.05, 0) is 18.6 Å². The Morgan fingerprint density at radius 2 is 2.08 bits per heavy atom. The first-order valence-electron chi connectivity index (χ1n) is 4.10. The van der Waals surface area contributed by atoms with Crippen molar-refractivity contribution < 1.29 is 0 Å². The Hall–Kier alpha value is -1.37. The van der Waals surface area contributed by atoms with Crippen LogP contribution in [0.15, 0.2) is 48.0 Å². The van der Waals surface area contributed by atoms with Crippen molar-refractivity contribution in [1.29, 1.82) is 0 Å². The van der Waals surface area contributed by atoms with E-state index in [0.717, 1.165) is 17.8 Å². The van der Waals surface area contributed by atoms with Crippen LogP contribution in [-0.2, 0) is 0 Å². The molecule has 0 heterocycles. The predicted molar refractivity (Wildman–Crippen MR) is 53.7 cm³/mol. The summed E-state index contributed by atoms with van der Waals surface area (Å²) >= 11 is 0. The maximum Gasteiger partial charge on any atom is 0.0640 e. The second-order valence-electron chi connectivity index (χ2n) is 2.43. The average molecular weight is 159 g/mol. The van der Waals surface area contributed by atoms with Gasteiger partial charge in [0.1, 0.15) is 0 Å². The third-order valence-electron chi connectivity index (χ3n) is 1.59. The minimum atomic E-state index is 0.802. The zero-order valence-corrected chi connectivity index (χ0v) is 7.33. The van der Waals surface area contributed by atoms with Gasteiger partial charge in [0.25, 0.3) is 0 Å². The maximum absolute atomic E-state index is 4.31. The van der Waals surface area contributed by atoms with Crippen molar-refractivity contribution >= 4 is 5.71 Å². The maximum atomic E-state index is 4.31. The molecule has 0 radical (unpaired) electrons. The van der Waals surface area contributed by atoms with Crippen molar-refractivity contribution in [1.82, 2.24) is 0 Å². The zero-order valence-electron chi connectivity index (χ0n) is 7.33. The summed E-state index contributed by atoms with van der Waals surface area (Å²) in [4.78, 5) is 4.31. The molecule has 0 aliphatic rings. The number of rotatable bonds is 3. The van der Waals surface area contributed by atoms with Gasteiger partial charge >= 0.3 is 0 Å². The van der Waals surface area contributed by atoms with Crippen LogP contribution in [0.25, 0.3) is 0 Å². The van der Waals surface area contributed by atoms with Crippen LogP contribution in [0.4, 0.5) is 0 Å². The summed E-state index contributed by atoms with van der Waals surface area (Å²) < 4.78 is 0. The molecule has 0 aliphatic carbocycles. The Kier molecular flexibility index (Phi) is 3.27. The summed E-state index contributed by atoms with van der Waals surface area (Å²) in [7, 11) is 0. The lowest BCUT2D eigenvalue weighted by Gasteiger charge is -1.99. The first kappa shape index (κ1) is 8.72. The normalized spacial score (nSPS) is 11.2. The highest BCUT2D eigenvalue weighted by Crippen LogP contribution is 2.01. The number of hydrogen-bond donors (Lipinski definition) is 0. The van der Waals surface area contributed by atoms with Crippen LogP contribution in [0.2, 0.25) is 0 Å². The summed E-state index contributed by atoms with van der Waals surface area (Å²) in [5.41, 5.74) is 2.10. The van der Waals surface area contributed by atoms with E-state index in [0.29, 0.717) is 0 Å². The molecule has 0 saturated carbocycles. The topological polar surface area (TPSA) is 12.4 Å². The van der Waals surface area contributed by atoms with Crippen molar-refractivity contribution in [2.75, 3.05) is 6.54 Å². The second kappa shape index (κ2) is 4.50. The van der Waals surface area contributed by atoms with E-state index < -0.39 is 0 Å². The second-order valence-corrected chi connectivity index (χ2v) is 2.43. The van der Waals surface area contributed by atoms with Crippen LogP contribution < -0.4 is 0 Å². The lowest BCUT2D eigenvalue weighted by molar-refractivity contribution is 1.13. The molecule has 0 aliphatic heterocycles. The number of allylic oxidation sites excluding steroid dienone is 1. The molecular weight excluding hydrogens is 146 g/mol. The van der Waals surface area contributed by atoms with E-state index in [1.807, 2.05) is 37.3 Å². The Morgan fingerprint density at radius 3 is 2.58 bits per heavy atom. The Morgan fingerprint density at radius 1 is 1.42 bits per heavy atom. The molecule has 0 amide bonds. The van der Waals surface area contributed by atoms with Crippen LogP contribution >= 0.6 is 0 Å². The van der Waals surface area contributed by atoms with Gasteiger partial charge in [-0.2, -0.15) is 0 Å². The lowest BCUT2D eigenvalue weighted by atomic mass is 10.1. The molecule has 1 rings (SSSR count). The lowest BCUT2D eigenvalue weighted by Crippen LogP contribution is -1.95. The molecule has 0 unspecified atom stereocenters. The number of nitrogens with zero attached hydrogens (tertiary/aromatic N) is 1. The van der Waals surface area contributed by atoms with Gasteiger partial charge in [-0.25, -0.2) is 0 Å². The van der Waals surface area contributed by atoms with Crippen LogP contribution in [-0.4, -0.2) is 12.3 Å². The van der Waals surface area contributed by atoms with E-state index in [1.54, 1.807) is 6.08 Å². The highest BCUT2D eigenvalue weighted by Gasteiger charge is 1.94. The van der Waals surface area contributed by atoms with Crippen molar-refractivity contribution in [3.8, 4) is 0 Å². The number of aliphatic imine (C=N–C) groups is 1. The molecule has 0 N–H and O–H groups in total. The summed E-state index contributed by atoms with van der Waals surface area (Å²) in [6.07, 6.45) is 1.79. The van der Waals surface area contributed by atoms with Gasteiger partial charge in [-0.3, -0.25) is 4.99 Å². The first-order valence-corrected chi connectivity index (χ1v) is 4.10. The van der Waals surface area contributed by atoms with E-state index in [1.165, 1.54) is 0 Å². The summed E-state index contributed by atoms with van der Waals surface area (Å²) in [5, 5.41) is 0. The molecule has 1 aromatic carbocycles. The molecule has 0 saturated heterocycles. The molecule has 0 bridgehead atoms. The minimum Gasteiger partial charge on any atom is -0.285 e. The van der Waals surface area contributed by atoms with Gasteiger partial charge in [0.15, 0.2) is 0 Å². The first-order chi connectivity index (χ1) is 5.88. The van der Waals surface area contributed by atoms with Crippen molar-refractivity contribution in [2.24, 2.45) is 4.99 Å². The number of benzene rings is 1. The largest absolute Gasteiger partial charge is 0.285 e. The Balaban J connectivity index is 2.96. The minimum absolute atomic E-state index is 0.802. The third-order valence-corrected chi connectivity index (χ3v) is 1.59. The molecule has 1 aromatic rings. The van der Waals surface area contributed by atoms with Gasteiger partial charge in [0, 0.05) is 6.54 Å². The van der Waals surface area contributed by atoms with E-state index in [4.69, 9.17) is 0 Å². The van der Waals surface area contributed by atoms with Gasteiger partial charge in [0.2, 0.25) is 0 Å². The van der Waals surface area contributed by atoms with E-state index >= 15 is 0 Å². The van der Waals surface area contributed by atoms with Gasteiger partial charge in [-0.1, -0.05) is 36.9 Å². The molecule has 0 fully saturated rings. The molecule has 1 heteroatoms. The SMILES string of the molecule is C=C/C(=N\CC)c1ccccc1. The van der Waals surface area contributed by atoms with E-state index in [-0.39, 0.29) is 0 Å². The van der Waals surface area contributed by atoms with E-state index in [2.05, 4.69) is 11.6 Å². The smallest absolute Gasteiger partial charge is 0.0640 e. The average Bonchev–Trinajstić information content (AvgIpc) is 2.15. The fourth-order valence-corrected chi connectivity index (χ4v) is 1.05. The van der Waals surface area contributed by atoms with Gasteiger partial charge in [-0.15, -0.1) is 0 Å². The number of hydrogen-bond acceptors (Lipinski definition) is 1. The summed E-state index contributed by atoms with van der Waals surface area (Å²) in [5.74, 6) is 0. The monoisotopic (exact) mass is 159 g/mol. The van der Waals surface area contributed by atoms with E-state index in [9.17, 15) is 0 Å². The van der Waals surface area contributed by atoms with Crippen molar-refractivity contribution in [3.05, 3.63) is 48.6 Å². The molecule has 62 valence electrons. The Bertz CT molecular complexity index is 272. The fraction of sp³-hybridized carbons (Fsp3) is 0.182. The standard InChI is InChI=1S/C11H13N/c1-3-11(12-4-2)10-8-6-5-7-9-10/h3,5-9H,1,4H2,2H3/b12-11+. The molecule has 1 nitrogen and oxygen atoms in total. The molecule has 12 heavy (non-hydrogen) atoms. The highest BCUT2D eigenvalue weighted by atomic mass is 14.7. The molecule has 0 atom stereocenters. The fourth-order valence-electron chi connectivity index (χ4n) is 1.05. The van der Waals surface area contributed by atoms with Crippen LogP contribution in [0.3, 0.4) is 0 Å². The van der Waals surface area contributed by atoms with Crippen LogP contribution in [0, 0.1) is 0 Å². The van der Waals surface area contributed by atoms with Gasteiger partial charge in [0.05, 0.1) is 5.71 Å². The molecular formula is C11H13N. The summed E-state index contributed by atoms with van der Waals surface area (Å²) in [6.45, 7) is 6.55. The molecule has 0 spiro atoms. The predicted octanol–water partition coefficient (Wildman–Crippen LogP) is 2.68. The van der Waals surface area contributed by atoms with Crippen molar-refractivity contribution in [3.63, 3.8) is 0 Å². The highest BCUT2D eigenvalue weighted by molar-refractivity contribution is 6.08. The third kappa shape index (κ3) is 2.06. The van der Waals surface area contributed by atoms with Gasteiger partial charge < -0.3 is 0 Å². The van der Waals surface area contributed by atoms with Crippen LogP contribution in [0.1, 0.15) is 12.5 Å². The zero-order chi connectivity index (χ0) is 8.81. The quantitative estimate of drug-likeness (QED) is 0.601.